The van der Waals surface area contributed by atoms with Crippen LogP contribution in [0.2, 0.25) is 0 Å². The maximum atomic E-state index is 6.26. The minimum absolute atomic E-state index is 0.437. The Morgan fingerprint density at radius 1 is 0.923 bits per heavy atom. The second-order valence-electron chi connectivity index (χ2n) is 5.91. The van der Waals surface area contributed by atoms with Crippen LogP contribution in [-0.4, -0.2) is 14.2 Å². The monoisotopic (exact) mass is 384 g/mol. The van der Waals surface area contributed by atoms with Gasteiger partial charge >= 0.3 is 0 Å². The summed E-state index contributed by atoms with van der Waals surface area (Å²) in [5.74, 6) is 1.97. The van der Waals surface area contributed by atoms with Gasteiger partial charge in [-0.05, 0) is 42.8 Å². The lowest BCUT2D eigenvalue weighted by Crippen LogP contribution is -1.95. The number of benzene rings is 3. The van der Waals surface area contributed by atoms with E-state index in [9.17, 15) is 0 Å². The molecule has 0 aliphatic rings. The molecule has 0 N–H and O–H groups in total. The number of hydrogen-bond acceptors (Lipinski definition) is 3. The van der Waals surface area contributed by atoms with E-state index in [0.717, 1.165) is 33.1 Å². The molecular weight excluding hydrogens is 364 g/mol. The summed E-state index contributed by atoms with van der Waals surface area (Å²) in [6.45, 7) is 2.09. The van der Waals surface area contributed by atoms with E-state index in [2.05, 4.69) is 43.3 Å². The van der Waals surface area contributed by atoms with Gasteiger partial charge in [0.2, 0.25) is 0 Å². The molecule has 0 amide bonds. The number of halogens is 1. The Hall–Kier alpha value is -2.10. The molecule has 0 heterocycles. The molecule has 134 valence electrons. The molecule has 3 aromatic carbocycles. The van der Waals surface area contributed by atoms with Crippen molar-refractivity contribution in [3.63, 3.8) is 0 Å². The standard InChI is InChI=1S/C22H21ClO2S/c1-15-7-10-18(11-8-15)26-21-6-4-5-16(14-23)22(21)19-12-9-17(24-2)13-20(19)25-3/h4-13H,14H2,1-3H3. The molecule has 0 bridgehead atoms. The Kier molecular flexibility index (Phi) is 6.12. The number of methoxy groups -OCH3 is 2. The Morgan fingerprint density at radius 2 is 1.69 bits per heavy atom. The van der Waals surface area contributed by atoms with Crippen molar-refractivity contribution in [1.29, 1.82) is 0 Å². The van der Waals surface area contributed by atoms with Gasteiger partial charge in [0.05, 0.1) is 14.2 Å². The van der Waals surface area contributed by atoms with Crippen molar-refractivity contribution in [2.45, 2.75) is 22.6 Å². The zero-order valence-corrected chi connectivity index (χ0v) is 16.7. The Labute approximate surface area is 164 Å². The normalized spacial score (nSPS) is 10.6. The van der Waals surface area contributed by atoms with Crippen molar-refractivity contribution in [2.24, 2.45) is 0 Å². The number of aryl methyl sites for hydroxylation is 1. The zero-order chi connectivity index (χ0) is 18.5. The number of ether oxygens (including phenoxy) is 2. The van der Waals surface area contributed by atoms with Gasteiger partial charge in [-0.2, -0.15) is 0 Å². The molecule has 0 atom stereocenters. The number of alkyl halides is 1. The van der Waals surface area contributed by atoms with Crippen molar-refractivity contribution in [3.8, 4) is 22.6 Å². The molecule has 4 heteroatoms. The fourth-order valence-electron chi connectivity index (χ4n) is 2.82. The quantitative estimate of drug-likeness (QED) is 0.448. The third-order valence-corrected chi connectivity index (χ3v) is 5.54. The smallest absolute Gasteiger partial charge is 0.130 e. The zero-order valence-electron chi connectivity index (χ0n) is 15.1. The van der Waals surface area contributed by atoms with Crippen LogP contribution in [0.25, 0.3) is 11.1 Å². The summed E-state index contributed by atoms with van der Waals surface area (Å²) in [4.78, 5) is 2.34. The summed E-state index contributed by atoms with van der Waals surface area (Å²) in [7, 11) is 3.33. The molecule has 3 aromatic rings. The Balaban J connectivity index is 2.12. The molecule has 2 nitrogen and oxygen atoms in total. The fraction of sp³-hybridized carbons (Fsp3) is 0.182. The van der Waals surface area contributed by atoms with E-state index in [0.29, 0.717) is 5.88 Å². The van der Waals surface area contributed by atoms with Crippen molar-refractivity contribution in [1.82, 2.24) is 0 Å². The first-order valence-electron chi connectivity index (χ1n) is 8.31. The summed E-state index contributed by atoms with van der Waals surface area (Å²) in [6.07, 6.45) is 0. The van der Waals surface area contributed by atoms with Crippen molar-refractivity contribution < 1.29 is 9.47 Å². The van der Waals surface area contributed by atoms with Crippen molar-refractivity contribution in [2.75, 3.05) is 14.2 Å². The highest BCUT2D eigenvalue weighted by atomic mass is 35.5. The van der Waals surface area contributed by atoms with Crippen LogP contribution in [0.5, 0.6) is 11.5 Å². The lowest BCUT2D eigenvalue weighted by atomic mass is 9.99. The van der Waals surface area contributed by atoms with E-state index < -0.39 is 0 Å². The molecule has 0 spiro atoms. The van der Waals surface area contributed by atoms with Gasteiger partial charge in [0.1, 0.15) is 11.5 Å². The van der Waals surface area contributed by atoms with E-state index in [1.54, 1.807) is 26.0 Å². The third kappa shape index (κ3) is 4.00. The van der Waals surface area contributed by atoms with Gasteiger partial charge in [-0.3, -0.25) is 0 Å². The van der Waals surface area contributed by atoms with Crippen LogP contribution in [0.4, 0.5) is 0 Å². The van der Waals surface area contributed by atoms with Gasteiger partial charge in [-0.1, -0.05) is 41.6 Å². The van der Waals surface area contributed by atoms with Crippen LogP contribution in [0, 0.1) is 6.92 Å². The van der Waals surface area contributed by atoms with Gasteiger partial charge in [0, 0.05) is 32.9 Å². The van der Waals surface area contributed by atoms with E-state index >= 15 is 0 Å². The maximum absolute atomic E-state index is 6.26. The largest absolute Gasteiger partial charge is 0.497 e. The van der Waals surface area contributed by atoms with Gasteiger partial charge in [0.25, 0.3) is 0 Å². The van der Waals surface area contributed by atoms with E-state index in [4.69, 9.17) is 21.1 Å². The molecule has 0 unspecified atom stereocenters. The van der Waals surface area contributed by atoms with Gasteiger partial charge in [-0.15, -0.1) is 11.6 Å². The van der Waals surface area contributed by atoms with E-state index in [1.807, 2.05) is 24.3 Å². The molecule has 26 heavy (non-hydrogen) atoms. The summed E-state index contributed by atoms with van der Waals surface area (Å²) < 4.78 is 11.0. The highest BCUT2D eigenvalue weighted by molar-refractivity contribution is 7.99. The first kappa shape index (κ1) is 18.7. The second kappa shape index (κ2) is 8.52. The number of rotatable bonds is 6. The van der Waals surface area contributed by atoms with Crippen LogP contribution in [0.3, 0.4) is 0 Å². The van der Waals surface area contributed by atoms with Gasteiger partial charge in [-0.25, -0.2) is 0 Å². The summed E-state index contributed by atoms with van der Waals surface area (Å²) in [5, 5.41) is 0. The maximum Gasteiger partial charge on any atom is 0.130 e. The van der Waals surface area contributed by atoms with Crippen LogP contribution in [0.1, 0.15) is 11.1 Å². The fourth-order valence-corrected chi connectivity index (χ4v) is 4.06. The van der Waals surface area contributed by atoms with Crippen LogP contribution < -0.4 is 9.47 Å². The van der Waals surface area contributed by atoms with E-state index in [-0.39, 0.29) is 0 Å². The summed E-state index contributed by atoms with van der Waals surface area (Å²) in [5.41, 5.74) is 4.44. The minimum atomic E-state index is 0.437. The van der Waals surface area contributed by atoms with Crippen molar-refractivity contribution >= 4 is 23.4 Å². The highest BCUT2D eigenvalue weighted by Crippen LogP contribution is 2.43. The Morgan fingerprint density at radius 3 is 2.35 bits per heavy atom. The number of hydrogen-bond donors (Lipinski definition) is 0. The Bertz CT molecular complexity index is 891. The van der Waals surface area contributed by atoms with Gasteiger partial charge < -0.3 is 9.47 Å². The molecule has 0 saturated carbocycles. The van der Waals surface area contributed by atoms with Crippen LogP contribution in [-0.2, 0) is 5.88 Å². The molecular formula is C22H21ClO2S. The molecule has 0 aliphatic heterocycles. The second-order valence-corrected chi connectivity index (χ2v) is 7.29. The van der Waals surface area contributed by atoms with Crippen LogP contribution >= 0.6 is 23.4 Å². The summed E-state index contributed by atoms with van der Waals surface area (Å²) in [6, 6.07) is 20.7. The average Bonchev–Trinajstić information content (AvgIpc) is 2.69. The molecule has 0 saturated heterocycles. The predicted octanol–water partition coefficient (Wildman–Crippen LogP) is 6.57. The molecule has 0 aromatic heterocycles. The van der Waals surface area contributed by atoms with Gasteiger partial charge in [0.15, 0.2) is 0 Å². The molecule has 3 rings (SSSR count). The lowest BCUT2D eigenvalue weighted by molar-refractivity contribution is 0.395. The first-order chi connectivity index (χ1) is 12.7. The molecule has 0 fully saturated rings. The average molecular weight is 385 g/mol. The first-order valence-corrected chi connectivity index (χ1v) is 9.66. The minimum Gasteiger partial charge on any atom is -0.497 e. The predicted molar refractivity (Wildman–Crippen MR) is 110 cm³/mol. The van der Waals surface area contributed by atoms with Crippen LogP contribution in [0.15, 0.2) is 70.5 Å². The van der Waals surface area contributed by atoms with E-state index in [1.165, 1.54) is 10.5 Å². The summed E-state index contributed by atoms with van der Waals surface area (Å²) >= 11 is 7.99. The SMILES string of the molecule is COc1ccc(-c2c(CCl)cccc2Sc2ccc(C)cc2)c(OC)c1. The lowest BCUT2D eigenvalue weighted by Gasteiger charge is -2.17. The molecule has 0 radical (unpaired) electrons. The third-order valence-electron chi connectivity index (χ3n) is 4.18. The molecule has 0 aliphatic carbocycles. The highest BCUT2D eigenvalue weighted by Gasteiger charge is 2.16. The topological polar surface area (TPSA) is 18.5 Å². The van der Waals surface area contributed by atoms with Crippen molar-refractivity contribution in [3.05, 3.63) is 71.8 Å².